The summed E-state index contributed by atoms with van der Waals surface area (Å²) in [7, 11) is 0. The molecule has 0 aromatic rings. The minimum Gasteiger partial charge on any atom is -0.550 e. The van der Waals surface area contributed by atoms with Crippen molar-refractivity contribution in [2.75, 3.05) is 0 Å². The Morgan fingerprint density at radius 1 is 0.923 bits per heavy atom. The molecule has 0 spiro atoms. The molecule has 0 aliphatic heterocycles. The number of hydrogen-bond acceptors (Lipinski definition) is 4. The van der Waals surface area contributed by atoms with Crippen molar-refractivity contribution >= 4 is 11.9 Å². The quantitative estimate of drug-likeness (QED) is 0.658. The summed E-state index contributed by atoms with van der Waals surface area (Å²) in [5, 5.41) is 19.0. The Bertz CT molecular complexity index is 120. The molecule has 0 aromatic carbocycles. The minimum atomic E-state index is -0.961. The van der Waals surface area contributed by atoms with Gasteiger partial charge in [-0.25, -0.2) is 0 Å². The van der Waals surface area contributed by atoms with E-state index >= 15 is 0 Å². The molecule has 0 fully saturated rings. The molecule has 0 saturated heterocycles. The molecule has 0 radical (unpaired) electrons. The van der Waals surface area contributed by atoms with E-state index in [1.165, 1.54) is 0 Å². The van der Waals surface area contributed by atoms with Gasteiger partial charge in [-0.3, -0.25) is 0 Å². The first-order valence-electron chi connectivity index (χ1n) is 3.94. The van der Waals surface area contributed by atoms with Crippen LogP contribution in [0.15, 0.2) is 0 Å². The van der Waals surface area contributed by atoms with Crippen LogP contribution in [0.1, 0.15) is 39.5 Å². The van der Waals surface area contributed by atoms with Gasteiger partial charge in [-0.1, -0.05) is 26.7 Å². The summed E-state index contributed by atoms with van der Waals surface area (Å²) in [4.78, 5) is 19.0. The number of aliphatic carboxylic acids is 2. The standard InChI is InChI=1S/2C4H8O2.Yb/c2*1-2-3-4(5)6;/h2*2-3H2,1H3,(H,5,6);/q;;+2/p-2. The molecule has 0 N–H and O–H groups in total. The van der Waals surface area contributed by atoms with Crippen LogP contribution in [0.5, 0.6) is 0 Å². The van der Waals surface area contributed by atoms with Gasteiger partial charge in [0.1, 0.15) is 0 Å². The Kier molecular flexibility index (Phi) is 22.0. The second-order valence-corrected chi connectivity index (χ2v) is 2.24. The molecule has 0 rings (SSSR count). The zero-order valence-corrected chi connectivity index (χ0v) is 9.44. The Hall–Kier alpha value is 0.459. The summed E-state index contributed by atoms with van der Waals surface area (Å²) in [6.45, 7) is 3.60. The Morgan fingerprint density at radius 2 is 1.15 bits per heavy atom. The average Bonchev–Trinajstić information content (AvgIpc) is 1.87. The first-order chi connectivity index (χ1) is 5.54. The molecule has 5 heteroatoms. The predicted molar refractivity (Wildman–Crippen MR) is 39.8 cm³/mol. The SMILES string of the molecule is CCCC(=O)[O-].CCCC(=O)[O-].[Yb+2]. The molecule has 0 saturated carbocycles. The van der Waals surface area contributed by atoms with Crippen molar-refractivity contribution in [2.45, 2.75) is 39.5 Å². The van der Waals surface area contributed by atoms with E-state index in [2.05, 4.69) is 0 Å². The van der Waals surface area contributed by atoms with E-state index in [1.807, 2.05) is 0 Å². The number of hydrogen-bond donors (Lipinski definition) is 0. The van der Waals surface area contributed by atoms with Crippen LogP contribution in [0.4, 0.5) is 0 Å². The summed E-state index contributed by atoms with van der Waals surface area (Å²) in [5.74, 6) is -1.92. The van der Waals surface area contributed by atoms with E-state index in [0.717, 1.165) is 0 Å². The maximum atomic E-state index is 9.49. The van der Waals surface area contributed by atoms with Crippen LogP contribution >= 0.6 is 0 Å². The fourth-order valence-corrected chi connectivity index (χ4v) is 0.408. The molecule has 0 aromatic heterocycles. The third-order valence-electron chi connectivity index (χ3n) is 0.908. The average molecular weight is 347 g/mol. The van der Waals surface area contributed by atoms with Gasteiger partial charge in [0.2, 0.25) is 0 Å². The minimum absolute atomic E-state index is 0. The van der Waals surface area contributed by atoms with E-state index in [-0.39, 0.29) is 59.8 Å². The van der Waals surface area contributed by atoms with Gasteiger partial charge >= 0.3 is 46.9 Å². The van der Waals surface area contributed by atoms with Crippen LogP contribution in [0.25, 0.3) is 0 Å². The molecule has 0 heterocycles. The predicted octanol–water partition coefficient (Wildman–Crippen LogP) is -0.927. The van der Waals surface area contributed by atoms with Gasteiger partial charge in [-0.05, 0) is 12.8 Å². The van der Waals surface area contributed by atoms with Gasteiger partial charge in [0.25, 0.3) is 0 Å². The molecular weight excluding hydrogens is 333 g/mol. The van der Waals surface area contributed by atoms with Crippen molar-refractivity contribution < 1.29 is 66.7 Å². The van der Waals surface area contributed by atoms with E-state index in [9.17, 15) is 19.8 Å². The monoisotopic (exact) mass is 348 g/mol. The molecule has 0 bridgehead atoms. The maximum Gasteiger partial charge on any atom is 2.00 e. The van der Waals surface area contributed by atoms with Crippen LogP contribution in [-0.4, -0.2) is 11.9 Å². The van der Waals surface area contributed by atoms with Crippen molar-refractivity contribution in [1.82, 2.24) is 0 Å². The molecule has 0 aliphatic rings. The topological polar surface area (TPSA) is 80.3 Å². The van der Waals surface area contributed by atoms with E-state index < -0.39 is 11.9 Å². The molecule has 13 heavy (non-hydrogen) atoms. The van der Waals surface area contributed by atoms with Crippen LogP contribution < -0.4 is 10.2 Å². The van der Waals surface area contributed by atoms with Gasteiger partial charge in [-0.15, -0.1) is 0 Å². The zero-order chi connectivity index (χ0) is 9.98. The van der Waals surface area contributed by atoms with Crippen molar-refractivity contribution in [1.29, 1.82) is 0 Å². The van der Waals surface area contributed by atoms with E-state index in [4.69, 9.17) is 0 Å². The van der Waals surface area contributed by atoms with Crippen molar-refractivity contribution in [3.8, 4) is 0 Å². The largest absolute Gasteiger partial charge is 2.00 e. The first-order valence-corrected chi connectivity index (χ1v) is 3.94. The number of rotatable bonds is 4. The van der Waals surface area contributed by atoms with Gasteiger partial charge < -0.3 is 19.8 Å². The van der Waals surface area contributed by atoms with Gasteiger partial charge in [0.05, 0.1) is 0 Å². The first kappa shape index (κ1) is 19.1. The van der Waals surface area contributed by atoms with Crippen molar-refractivity contribution in [2.24, 2.45) is 0 Å². The second-order valence-electron chi connectivity index (χ2n) is 2.24. The maximum absolute atomic E-state index is 9.49. The van der Waals surface area contributed by atoms with Gasteiger partial charge in [0.15, 0.2) is 0 Å². The number of carboxylic acid groups (broad SMARTS) is 2. The Balaban J connectivity index is -0.000000143. The molecule has 4 nitrogen and oxygen atoms in total. The number of carboxylic acids is 2. The summed E-state index contributed by atoms with van der Waals surface area (Å²) < 4.78 is 0. The third-order valence-corrected chi connectivity index (χ3v) is 0.908. The molecular formula is C8H14O4Yb. The molecule has 0 unspecified atom stereocenters. The van der Waals surface area contributed by atoms with E-state index in [1.54, 1.807) is 13.8 Å². The fraction of sp³-hybridized carbons (Fsp3) is 0.750. The summed E-state index contributed by atoms with van der Waals surface area (Å²) >= 11 is 0. The van der Waals surface area contributed by atoms with Crippen LogP contribution in [0.3, 0.4) is 0 Å². The van der Waals surface area contributed by atoms with Crippen LogP contribution in [-0.2, 0) is 9.59 Å². The molecule has 0 atom stereocenters. The normalized spacial score (nSPS) is 7.54. The number of carbonyl (C=O) groups is 2. The Morgan fingerprint density at radius 3 is 1.15 bits per heavy atom. The van der Waals surface area contributed by atoms with Gasteiger partial charge in [-0.2, -0.15) is 0 Å². The smallest absolute Gasteiger partial charge is 0.550 e. The van der Waals surface area contributed by atoms with Crippen LogP contribution in [0.2, 0.25) is 0 Å². The molecule has 0 amide bonds. The van der Waals surface area contributed by atoms with Crippen LogP contribution in [0, 0.1) is 46.9 Å². The zero-order valence-electron chi connectivity index (χ0n) is 7.73. The summed E-state index contributed by atoms with van der Waals surface area (Å²) in [5.41, 5.74) is 0. The number of carbonyl (C=O) groups excluding carboxylic acids is 2. The van der Waals surface area contributed by atoms with Gasteiger partial charge in [0, 0.05) is 11.9 Å². The van der Waals surface area contributed by atoms with E-state index in [0.29, 0.717) is 12.8 Å². The molecule has 0 aliphatic carbocycles. The third kappa shape index (κ3) is 32.7. The van der Waals surface area contributed by atoms with Crippen molar-refractivity contribution in [3.05, 3.63) is 0 Å². The second kappa shape index (κ2) is 15.0. The summed E-state index contributed by atoms with van der Waals surface area (Å²) in [6, 6.07) is 0. The molecule has 84 valence electrons. The van der Waals surface area contributed by atoms with Crippen molar-refractivity contribution in [3.63, 3.8) is 0 Å². The Labute approximate surface area is 117 Å². The summed E-state index contributed by atoms with van der Waals surface area (Å²) in [6.07, 6.45) is 1.70. The fourth-order valence-electron chi connectivity index (χ4n) is 0.408.